The number of nitrogens with zero attached hydrogens (tertiary/aromatic N) is 2. The highest BCUT2D eigenvalue weighted by Gasteiger charge is 2.35. The summed E-state index contributed by atoms with van der Waals surface area (Å²) in [5, 5.41) is 9.41. The molecule has 0 radical (unpaired) electrons. The summed E-state index contributed by atoms with van der Waals surface area (Å²) in [6, 6.07) is 6.03. The first-order valence-corrected chi connectivity index (χ1v) is 7.91. The van der Waals surface area contributed by atoms with E-state index in [9.17, 15) is 9.90 Å². The quantitative estimate of drug-likeness (QED) is 0.927. The summed E-state index contributed by atoms with van der Waals surface area (Å²) < 4.78 is 2.37. The van der Waals surface area contributed by atoms with Gasteiger partial charge in [-0.1, -0.05) is 19.4 Å². The molecular weight excluding hydrogens is 264 g/mol. The first kappa shape index (κ1) is 12.9. The summed E-state index contributed by atoms with van der Waals surface area (Å²) in [5.74, 6) is 1.42. The van der Waals surface area contributed by atoms with E-state index in [4.69, 9.17) is 4.98 Å². The highest BCUT2D eigenvalue weighted by Crippen LogP contribution is 2.45. The van der Waals surface area contributed by atoms with E-state index in [1.165, 1.54) is 32.1 Å². The van der Waals surface area contributed by atoms with Crippen LogP contribution in [0.2, 0.25) is 0 Å². The Bertz CT molecular complexity index is 715. The summed E-state index contributed by atoms with van der Waals surface area (Å²) in [6.45, 7) is 2.31. The second-order valence-corrected chi connectivity index (χ2v) is 6.57. The Morgan fingerprint density at radius 3 is 2.71 bits per heavy atom. The zero-order chi connectivity index (χ0) is 14.6. The fourth-order valence-electron chi connectivity index (χ4n) is 3.80. The van der Waals surface area contributed by atoms with E-state index < -0.39 is 5.97 Å². The largest absolute Gasteiger partial charge is 0.478 e. The third-order valence-corrected chi connectivity index (χ3v) is 5.07. The van der Waals surface area contributed by atoms with Gasteiger partial charge in [-0.3, -0.25) is 0 Å². The Balaban J connectivity index is 1.96. The van der Waals surface area contributed by atoms with E-state index in [2.05, 4.69) is 11.5 Å². The Kier molecular flexibility index (Phi) is 2.81. The number of rotatable bonds is 3. The lowest BCUT2D eigenvalue weighted by atomic mass is 10.1. The number of aromatic carboxylic acids is 1. The minimum atomic E-state index is -0.882. The van der Waals surface area contributed by atoms with Gasteiger partial charge < -0.3 is 9.67 Å². The third-order valence-electron chi connectivity index (χ3n) is 5.07. The predicted octanol–water partition coefficient (Wildman–Crippen LogP) is 3.97. The summed E-state index contributed by atoms with van der Waals surface area (Å²) in [7, 11) is 0. The number of carboxylic acids is 1. The molecule has 0 spiro atoms. The number of aromatic nitrogens is 2. The molecule has 2 aromatic rings. The van der Waals surface area contributed by atoms with Crippen LogP contribution in [0.4, 0.5) is 0 Å². The molecule has 110 valence electrons. The number of hydrogen-bond donors (Lipinski definition) is 1. The van der Waals surface area contributed by atoms with Crippen molar-refractivity contribution < 1.29 is 9.90 Å². The molecule has 21 heavy (non-hydrogen) atoms. The molecule has 4 rings (SSSR count). The van der Waals surface area contributed by atoms with Gasteiger partial charge in [0.15, 0.2) is 0 Å². The normalized spacial score (nSPS) is 25.6. The number of carbonyl (C=O) groups is 1. The summed E-state index contributed by atoms with van der Waals surface area (Å²) in [5.41, 5.74) is 2.01. The van der Waals surface area contributed by atoms with Gasteiger partial charge in [-0.15, -0.1) is 0 Å². The fraction of sp³-hybridized carbons (Fsp3) is 0.529. The number of para-hydroxylation sites is 1. The Labute approximate surface area is 123 Å². The zero-order valence-corrected chi connectivity index (χ0v) is 12.2. The van der Waals surface area contributed by atoms with Crippen LogP contribution in [0.25, 0.3) is 11.0 Å². The van der Waals surface area contributed by atoms with Crippen LogP contribution in [-0.2, 0) is 0 Å². The van der Waals surface area contributed by atoms with Crippen LogP contribution in [0.15, 0.2) is 18.2 Å². The molecule has 4 nitrogen and oxygen atoms in total. The average Bonchev–Trinajstić information content (AvgIpc) is 3.12. The number of hydrogen-bond acceptors (Lipinski definition) is 2. The van der Waals surface area contributed by atoms with Crippen LogP contribution in [0.3, 0.4) is 0 Å². The molecule has 1 heterocycles. The molecule has 1 N–H and O–H groups in total. The molecule has 4 heteroatoms. The first-order chi connectivity index (χ1) is 10.2. The summed E-state index contributed by atoms with van der Waals surface area (Å²) >= 11 is 0. The van der Waals surface area contributed by atoms with Crippen LogP contribution in [0.1, 0.15) is 67.2 Å². The third kappa shape index (κ3) is 1.96. The van der Waals surface area contributed by atoms with E-state index in [1.54, 1.807) is 6.07 Å². The first-order valence-electron chi connectivity index (χ1n) is 7.91. The molecule has 0 amide bonds. The van der Waals surface area contributed by atoms with E-state index in [1.807, 2.05) is 12.1 Å². The lowest BCUT2D eigenvalue weighted by molar-refractivity contribution is 0.0699. The molecule has 1 aromatic carbocycles. The van der Waals surface area contributed by atoms with Crippen molar-refractivity contribution >= 4 is 17.0 Å². The van der Waals surface area contributed by atoms with Crippen LogP contribution < -0.4 is 0 Å². The van der Waals surface area contributed by atoms with Gasteiger partial charge in [0.2, 0.25) is 0 Å². The van der Waals surface area contributed by atoms with Crippen molar-refractivity contribution in [3.8, 4) is 0 Å². The van der Waals surface area contributed by atoms with Gasteiger partial charge in [0.1, 0.15) is 11.3 Å². The number of benzene rings is 1. The molecule has 2 saturated carbocycles. The van der Waals surface area contributed by atoms with Crippen LogP contribution in [0.5, 0.6) is 0 Å². The van der Waals surface area contributed by atoms with Crippen molar-refractivity contribution in [3.63, 3.8) is 0 Å². The lowest BCUT2D eigenvalue weighted by Crippen LogP contribution is -2.14. The molecule has 2 fully saturated rings. The lowest BCUT2D eigenvalue weighted by Gasteiger charge is -2.21. The maximum absolute atomic E-state index is 11.5. The van der Waals surface area contributed by atoms with Crippen molar-refractivity contribution in [2.75, 3.05) is 0 Å². The SMILES string of the molecule is CC1CCCC1n1c(C2CC2)nc2c(C(=O)O)cccc21. The Morgan fingerprint density at radius 2 is 2.10 bits per heavy atom. The molecule has 2 aliphatic rings. The van der Waals surface area contributed by atoms with Gasteiger partial charge in [-0.05, 0) is 43.7 Å². The van der Waals surface area contributed by atoms with Crippen LogP contribution >= 0.6 is 0 Å². The van der Waals surface area contributed by atoms with Crippen molar-refractivity contribution in [1.82, 2.24) is 9.55 Å². The zero-order valence-electron chi connectivity index (χ0n) is 12.2. The molecule has 2 atom stereocenters. The number of fused-ring (bicyclic) bond motifs is 1. The second kappa shape index (κ2) is 4.58. The Hall–Kier alpha value is -1.84. The maximum Gasteiger partial charge on any atom is 0.337 e. The van der Waals surface area contributed by atoms with Crippen LogP contribution in [0, 0.1) is 5.92 Å². The van der Waals surface area contributed by atoms with Crippen molar-refractivity contribution in [2.45, 2.75) is 51.0 Å². The molecule has 1 aromatic heterocycles. The van der Waals surface area contributed by atoms with Crippen molar-refractivity contribution in [1.29, 1.82) is 0 Å². The monoisotopic (exact) mass is 284 g/mol. The van der Waals surface area contributed by atoms with Crippen LogP contribution in [-0.4, -0.2) is 20.6 Å². The highest BCUT2D eigenvalue weighted by atomic mass is 16.4. The smallest absolute Gasteiger partial charge is 0.337 e. The molecule has 2 unspecified atom stereocenters. The summed E-state index contributed by atoms with van der Waals surface area (Å²) in [4.78, 5) is 16.2. The topological polar surface area (TPSA) is 55.1 Å². The summed E-state index contributed by atoms with van der Waals surface area (Å²) in [6.07, 6.45) is 6.07. The molecule has 0 saturated heterocycles. The molecule has 0 aliphatic heterocycles. The highest BCUT2D eigenvalue weighted by molar-refractivity contribution is 6.01. The van der Waals surface area contributed by atoms with E-state index in [0.29, 0.717) is 29.0 Å². The number of imidazole rings is 1. The minimum absolute atomic E-state index is 0.332. The Morgan fingerprint density at radius 1 is 1.29 bits per heavy atom. The van der Waals surface area contributed by atoms with E-state index in [-0.39, 0.29) is 0 Å². The fourth-order valence-corrected chi connectivity index (χ4v) is 3.80. The van der Waals surface area contributed by atoms with Gasteiger partial charge in [-0.25, -0.2) is 9.78 Å². The average molecular weight is 284 g/mol. The minimum Gasteiger partial charge on any atom is -0.478 e. The maximum atomic E-state index is 11.5. The number of carboxylic acid groups (broad SMARTS) is 1. The standard InChI is InChI=1S/C17H20N2O2/c1-10-4-2-6-13(10)19-14-7-3-5-12(17(20)21)15(14)18-16(19)11-8-9-11/h3,5,7,10-11,13H,2,4,6,8-9H2,1H3,(H,20,21). The van der Waals surface area contributed by atoms with Gasteiger partial charge in [0.05, 0.1) is 11.1 Å². The molecule has 2 aliphatic carbocycles. The van der Waals surface area contributed by atoms with Gasteiger partial charge >= 0.3 is 5.97 Å². The van der Waals surface area contributed by atoms with Crippen molar-refractivity contribution in [3.05, 3.63) is 29.6 Å². The van der Waals surface area contributed by atoms with Gasteiger partial charge in [0.25, 0.3) is 0 Å². The molecule has 0 bridgehead atoms. The van der Waals surface area contributed by atoms with Gasteiger partial charge in [-0.2, -0.15) is 0 Å². The predicted molar refractivity (Wildman–Crippen MR) is 80.7 cm³/mol. The second-order valence-electron chi connectivity index (χ2n) is 6.57. The van der Waals surface area contributed by atoms with Gasteiger partial charge in [0, 0.05) is 12.0 Å². The molecular formula is C17H20N2O2. The van der Waals surface area contributed by atoms with Crippen molar-refractivity contribution in [2.24, 2.45) is 5.92 Å². The van der Waals surface area contributed by atoms with E-state index >= 15 is 0 Å². The van der Waals surface area contributed by atoms with E-state index in [0.717, 1.165) is 11.3 Å².